The van der Waals surface area contributed by atoms with Crippen molar-refractivity contribution in [2.75, 3.05) is 30.9 Å². The van der Waals surface area contributed by atoms with Crippen LogP contribution in [0.15, 0.2) is 66.9 Å². The van der Waals surface area contributed by atoms with Crippen molar-refractivity contribution in [3.8, 4) is 11.5 Å². The van der Waals surface area contributed by atoms with Gasteiger partial charge in [-0.15, -0.1) is 0 Å². The monoisotopic (exact) mass is 391 g/mol. The van der Waals surface area contributed by atoms with Crippen LogP contribution in [0.5, 0.6) is 11.5 Å². The Balaban J connectivity index is 1.42. The Morgan fingerprint density at radius 3 is 2.59 bits per heavy atom. The van der Waals surface area contributed by atoms with Gasteiger partial charge in [0.25, 0.3) is 5.91 Å². The van der Waals surface area contributed by atoms with Crippen molar-refractivity contribution in [3.05, 3.63) is 78.0 Å². The van der Waals surface area contributed by atoms with Gasteiger partial charge in [0.1, 0.15) is 17.3 Å². The molecule has 2 N–H and O–H groups in total. The standard InChI is InChI=1S/C23H25N3O3/c1-17-6-9-20(10-7-17)29-16-23(27)26-19-8-11-22(25-15-19)24-13-12-18-4-3-5-21(14-18)28-2/h3-11,14-15H,12-13,16H2,1-2H3,(H,24,25)(H,26,27). The summed E-state index contributed by atoms with van der Waals surface area (Å²) in [4.78, 5) is 16.4. The number of amides is 1. The second-order valence-corrected chi connectivity index (χ2v) is 6.61. The molecule has 1 amide bonds. The molecule has 0 saturated carbocycles. The van der Waals surface area contributed by atoms with Crippen molar-refractivity contribution in [1.29, 1.82) is 0 Å². The van der Waals surface area contributed by atoms with E-state index in [4.69, 9.17) is 9.47 Å². The average Bonchev–Trinajstić information content (AvgIpc) is 2.75. The van der Waals surface area contributed by atoms with Crippen molar-refractivity contribution in [1.82, 2.24) is 4.98 Å². The third kappa shape index (κ3) is 6.53. The van der Waals surface area contributed by atoms with E-state index in [1.54, 1.807) is 13.3 Å². The highest BCUT2D eigenvalue weighted by molar-refractivity contribution is 5.91. The Kier molecular flexibility index (Phi) is 7.05. The maximum absolute atomic E-state index is 12.0. The normalized spacial score (nSPS) is 10.3. The summed E-state index contributed by atoms with van der Waals surface area (Å²) in [5.74, 6) is 2.04. The summed E-state index contributed by atoms with van der Waals surface area (Å²) in [6.07, 6.45) is 2.48. The number of hydrogen-bond acceptors (Lipinski definition) is 5. The van der Waals surface area contributed by atoms with Gasteiger partial charge in [-0.05, 0) is 55.3 Å². The molecule has 2 aromatic carbocycles. The van der Waals surface area contributed by atoms with Gasteiger partial charge >= 0.3 is 0 Å². The molecule has 6 heteroatoms. The molecular formula is C23H25N3O3. The average molecular weight is 391 g/mol. The first-order valence-electron chi connectivity index (χ1n) is 9.44. The van der Waals surface area contributed by atoms with E-state index in [2.05, 4.69) is 21.7 Å². The highest BCUT2D eigenvalue weighted by atomic mass is 16.5. The summed E-state index contributed by atoms with van der Waals surface area (Å²) in [6.45, 7) is 2.70. The Hall–Kier alpha value is -3.54. The first-order chi connectivity index (χ1) is 14.1. The van der Waals surface area contributed by atoms with Crippen molar-refractivity contribution in [3.63, 3.8) is 0 Å². The molecule has 0 aliphatic heterocycles. The number of carbonyl (C=O) groups excluding carboxylic acids is 1. The van der Waals surface area contributed by atoms with E-state index < -0.39 is 0 Å². The van der Waals surface area contributed by atoms with Gasteiger partial charge in [0.15, 0.2) is 6.61 Å². The van der Waals surface area contributed by atoms with Crippen LogP contribution in [-0.2, 0) is 11.2 Å². The third-order valence-corrected chi connectivity index (χ3v) is 4.29. The highest BCUT2D eigenvalue weighted by Crippen LogP contribution is 2.14. The van der Waals surface area contributed by atoms with E-state index in [-0.39, 0.29) is 12.5 Å². The molecule has 6 nitrogen and oxygen atoms in total. The zero-order chi connectivity index (χ0) is 20.5. The molecule has 3 aromatic rings. The quantitative estimate of drug-likeness (QED) is 0.575. The van der Waals surface area contributed by atoms with Crippen LogP contribution >= 0.6 is 0 Å². The lowest BCUT2D eigenvalue weighted by atomic mass is 10.1. The number of aromatic nitrogens is 1. The van der Waals surface area contributed by atoms with Gasteiger partial charge in [0.2, 0.25) is 0 Å². The number of nitrogens with zero attached hydrogens (tertiary/aromatic N) is 1. The summed E-state index contributed by atoms with van der Waals surface area (Å²) in [5.41, 5.74) is 2.96. The van der Waals surface area contributed by atoms with Gasteiger partial charge in [-0.25, -0.2) is 4.98 Å². The number of pyridine rings is 1. The van der Waals surface area contributed by atoms with Crippen LogP contribution in [0.2, 0.25) is 0 Å². The number of anilines is 2. The Bertz CT molecular complexity index is 925. The van der Waals surface area contributed by atoms with Crippen LogP contribution in [0.4, 0.5) is 11.5 Å². The van der Waals surface area contributed by atoms with Crippen LogP contribution in [0, 0.1) is 6.92 Å². The fourth-order valence-electron chi connectivity index (χ4n) is 2.72. The number of carbonyl (C=O) groups is 1. The number of aryl methyl sites for hydroxylation is 1. The van der Waals surface area contributed by atoms with Crippen LogP contribution in [0.25, 0.3) is 0 Å². The van der Waals surface area contributed by atoms with E-state index in [1.807, 2.05) is 61.5 Å². The SMILES string of the molecule is COc1cccc(CCNc2ccc(NC(=O)COc3ccc(C)cc3)cn2)c1. The lowest BCUT2D eigenvalue weighted by molar-refractivity contribution is -0.118. The molecule has 0 unspecified atom stereocenters. The molecule has 29 heavy (non-hydrogen) atoms. The lowest BCUT2D eigenvalue weighted by Gasteiger charge is -2.09. The molecule has 0 spiro atoms. The summed E-state index contributed by atoms with van der Waals surface area (Å²) >= 11 is 0. The maximum atomic E-state index is 12.0. The molecule has 0 atom stereocenters. The van der Waals surface area contributed by atoms with Crippen molar-refractivity contribution in [2.45, 2.75) is 13.3 Å². The number of nitrogens with one attached hydrogen (secondary N) is 2. The molecule has 0 fully saturated rings. The zero-order valence-electron chi connectivity index (χ0n) is 16.6. The van der Waals surface area contributed by atoms with Crippen LogP contribution in [0.1, 0.15) is 11.1 Å². The molecule has 3 rings (SSSR count). The second-order valence-electron chi connectivity index (χ2n) is 6.61. The Morgan fingerprint density at radius 2 is 1.86 bits per heavy atom. The van der Waals surface area contributed by atoms with Crippen LogP contribution in [0.3, 0.4) is 0 Å². The minimum Gasteiger partial charge on any atom is -0.497 e. The van der Waals surface area contributed by atoms with Crippen molar-refractivity contribution in [2.24, 2.45) is 0 Å². The minimum atomic E-state index is -0.230. The topological polar surface area (TPSA) is 72.5 Å². The van der Waals surface area contributed by atoms with Gasteiger partial charge < -0.3 is 20.1 Å². The highest BCUT2D eigenvalue weighted by Gasteiger charge is 2.05. The fourth-order valence-corrected chi connectivity index (χ4v) is 2.72. The fraction of sp³-hybridized carbons (Fsp3) is 0.217. The third-order valence-electron chi connectivity index (χ3n) is 4.29. The minimum absolute atomic E-state index is 0.0520. The van der Waals surface area contributed by atoms with E-state index >= 15 is 0 Å². The predicted molar refractivity (Wildman–Crippen MR) is 115 cm³/mol. The molecule has 0 aliphatic rings. The van der Waals surface area contributed by atoms with E-state index in [9.17, 15) is 4.79 Å². The predicted octanol–water partition coefficient (Wildman–Crippen LogP) is 4.07. The molecule has 1 aromatic heterocycles. The number of rotatable bonds is 9. The molecule has 0 saturated heterocycles. The Labute approximate surface area is 170 Å². The second kappa shape index (κ2) is 10.1. The van der Waals surface area contributed by atoms with Crippen molar-refractivity contribution < 1.29 is 14.3 Å². The zero-order valence-corrected chi connectivity index (χ0v) is 16.6. The summed E-state index contributed by atoms with van der Waals surface area (Å²) in [5, 5.41) is 6.05. The number of hydrogen-bond donors (Lipinski definition) is 2. The van der Waals surface area contributed by atoms with Gasteiger partial charge in [-0.1, -0.05) is 29.8 Å². The molecule has 150 valence electrons. The molecule has 0 aliphatic carbocycles. The molecule has 0 radical (unpaired) electrons. The number of benzene rings is 2. The largest absolute Gasteiger partial charge is 0.497 e. The smallest absolute Gasteiger partial charge is 0.262 e. The lowest BCUT2D eigenvalue weighted by Crippen LogP contribution is -2.20. The number of ether oxygens (including phenoxy) is 2. The molecule has 1 heterocycles. The van der Waals surface area contributed by atoms with E-state index in [0.29, 0.717) is 11.4 Å². The summed E-state index contributed by atoms with van der Waals surface area (Å²) in [6, 6.07) is 19.2. The molecule has 0 bridgehead atoms. The first-order valence-corrected chi connectivity index (χ1v) is 9.44. The van der Waals surface area contributed by atoms with Crippen molar-refractivity contribution >= 4 is 17.4 Å². The number of methoxy groups -OCH3 is 1. The van der Waals surface area contributed by atoms with Gasteiger partial charge in [-0.3, -0.25) is 4.79 Å². The Morgan fingerprint density at radius 1 is 1.03 bits per heavy atom. The van der Waals surface area contributed by atoms with Crippen LogP contribution < -0.4 is 20.1 Å². The molecular weight excluding hydrogens is 366 g/mol. The van der Waals surface area contributed by atoms with Gasteiger partial charge in [0, 0.05) is 6.54 Å². The summed E-state index contributed by atoms with van der Waals surface area (Å²) < 4.78 is 10.7. The van der Waals surface area contributed by atoms with Gasteiger partial charge in [-0.2, -0.15) is 0 Å². The van der Waals surface area contributed by atoms with E-state index in [1.165, 1.54) is 5.56 Å². The maximum Gasteiger partial charge on any atom is 0.262 e. The van der Waals surface area contributed by atoms with Gasteiger partial charge in [0.05, 0.1) is 19.0 Å². The van der Waals surface area contributed by atoms with E-state index in [0.717, 1.165) is 30.1 Å². The summed E-state index contributed by atoms with van der Waals surface area (Å²) in [7, 11) is 1.66. The van der Waals surface area contributed by atoms with Crippen LogP contribution in [-0.4, -0.2) is 31.2 Å². The first kappa shape index (κ1) is 20.2.